The highest BCUT2D eigenvalue weighted by Crippen LogP contribution is 2.43. The molecule has 0 aromatic carbocycles. The average molecular weight is 220 g/mol. The molecule has 2 aliphatic rings. The first-order chi connectivity index (χ1) is 7.83. The van der Waals surface area contributed by atoms with Gasteiger partial charge in [0.05, 0.1) is 12.5 Å². The Morgan fingerprint density at radius 1 is 1.25 bits per heavy atom. The van der Waals surface area contributed by atoms with Crippen molar-refractivity contribution in [1.82, 2.24) is 5.32 Å². The largest absolute Gasteiger partial charge is 0.310 e. The number of nitrogens with one attached hydrogen (secondary N) is 1. The summed E-state index contributed by atoms with van der Waals surface area (Å²) in [6, 6.07) is 3.41. The van der Waals surface area contributed by atoms with E-state index in [4.69, 9.17) is 5.26 Å². The summed E-state index contributed by atoms with van der Waals surface area (Å²) in [6.45, 7) is 2.18. The van der Waals surface area contributed by atoms with Crippen molar-refractivity contribution in [3.05, 3.63) is 0 Å². The summed E-state index contributed by atoms with van der Waals surface area (Å²) in [4.78, 5) is 0. The van der Waals surface area contributed by atoms with Crippen LogP contribution in [0, 0.1) is 23.2 Å². The molecule has 16 heavy (non-hydrogen) atoms. The first-order valence-corrected chi connectivity index (χ1v) is 6.96. The number of hydrogen-bond acceptors (Lipinski definition) is 2. The van der Waals surface area contributed by atoms with Crippen LogP contribution in [0.1, 0.15) is 58.3 Å². The third-order valence-corrected chi connectivity index (χ3v) is 4.31. The number of rotatable bonds is 5. The second-order valence-electron chi connectivity index (χ2n) is 5.60. The minimum Gasteiger partial charge on any atom is -0.310 e. The molecule has 2 rings (SSSR count). The van der Waals surface area contributed by atoms with Crippen LogP contribution in [0.4, 0.5) is 0 Å². The van der Waals surface area contributed by atoms with Gasteiger partial charge >= 0.3 is 0 Å². The zero-order valence-electron chi connectivity index (χ0n) is 10.4. The average Bonchev–Trinajstić information content (AvgIpc) is 3.13. The smallest absolute Gasteiger partial charge is 0.0638 e. The summed E-state index contributed by atoms with van der Waals surface area (Å²) < 4.78 is 0. The van der Waals surface area contributed by atoms with E-state index in [1.54, 1.807) is 0 Å². The number of nitrogens with zero attached hydrogens (tertiary/aromatic N) is 1. The molecule has 0 aromatic heterocycles. The summed E-state index contributed by atoms with van der Waals surface area (Å²) in [6.07, 6.45) is 10.2. The second kappa shape index (κ2) is 5.68. The van der Waals surface area contributed by atoms with Crippen molar-refractivity contribution in [3.8, 4) is 6.07 Å². The lowest BCUT2D eigenvalue weighted by Crippen LogP contribution is -2.41. The lowest BCUT2D eigenvalue weighted by atomic mass is 9.82. The first kappa shape index (κ1) is 11.9. The maximum absolute atomic E-state index is 8.76. The molecule has 2 nitrogen and oxygen atoms in total. The normalized spacial score (nSPS) is 32.0. The van der Waals surface area contributed by atoms with Crippen molar-refractivity contribution in [3.63, 3.8) is 0 Å². The Bertz CT molecular complexity index is 252. The second-order valence-corrected chi connectivity index (χ2v) is 5.60. The lowest BCUT2D eigenvalue weighted by molar-refractivity contribution is 0.244. The van der Waals surface area contributed by atoms with E-state index in [0.29, 0.717) is 18.5 Å². The van der Waals surface area contributed by atoms with Gasteiger partial charge in [0.2, 0.25) is 0 Å². The molecular formula is C14H24N2. The molecule has 0 saturated heterocycles. The highest BCUT2D eigenvalue weighted by Gasteiger charge is 2.34. The maximum atomic E-state index is 8.76. The molecule has 2 heteroatoms. The Balaban J connectivity index is 1.77. The Labute approximate surface area is 99.4 Å². The van der Waals surface area contributed by atoms with E-state index in [-0.39, 0.29) is 0 Å². The molecule has 2 fully saturated rings. The fraction of sp³-hybridized carbons (Fsp3) is 0.929. The molecule has 0 amide bonds. The highest BCUT2D eigenvalue weighted by molar-refractivity contribution is 4.90. The van der Waals surface area contributed by atoms with Gasteiger partial charge in [-0.15, -0.1) is 0 Å². The van der Waals surface area contributed by atoms with Gasteiger partial charge in [-0.25, -0.2) is 0 Å². The molecule has 90 valence electrons. The Kier molecular flexibility index (Phi) is 4.23. The van der Waals surface area contributed by atoms with E-state index in [2.05, 4.69) is 18.3 Å². The first-order valence-electron chi connectivity index (χ1n) is 6.96. The predicted molar refractivity (Wildman–Crippen MR) is 65.9 cm³/mol. The molecule has 0 aliphatic heterocycles. The highest BCUT2D eigenvalue weighted by atomic mass is 14.9. The quantitative estimate of drug-likeness (QED) is 0.772. The molecule has 0 aromatic rings. The van der Waals surface area contributed by atoms with Gasteiger partial charge in [-0.05, 0) is 43.9 Å². The predicted octanol–water partition coefficient (Wildman–Crippen LogP) is 3.24. The molecular weight excluding hydrogens is 196 g/mol. The fourth-order valence-corrected chi connectivity index (χ4v) is 3.14. The molecule has 2 saturated carbocycles. The van der Waals surface area contributed by atoms with Crippen LogP contribution in [0.15, 0.2) is 0 Å². The third kappa shape index (κ3) is 3.22. The van der Waals surface area contributed by atoms with Crippen LogP contribution in [-0.2, 0) is 0 Å². The van der Waals surface area contributed by atoms with Crippen molar-refractivity contribution in [2.45, 2.75) is 70.4 Å². The third-order valence-electron chi connectivity index (χ3n) is 4.31. The minimum absolute atomic E-state index is 0.424. The lowest BCUT2D eigenvalue weighted by Gasteiger charge is -2.32. The van der Waals surface area contributed by atoms with Crippen LogP contribution in [0.2, 0.25) is 0 Å². The van der Waals surface area contributed by atoms with Gasteiger partial charge in [0.25, 0.3) is 0 Å². The van der Waals surface area contributed by atoms with Gasteiger partial charge in [0, 0.05) is 12.1 Å². The maximum Gasteiger partial charge on any atom is 0.0638 e. The van der Waals surface area contributed by atoms with E-state index in [9.17, 15) is 0 Å². The molecule has 0 spiro atoms. The van der Waals surface area contributed by atoms with Crippen molar-refractivity contribution in [2.75, 3.05) is 0 Å². The van der Waals surface area contributed by atoms with E-state index >= 15 is 0 Å². The molecule has 0 heterocycles. The molecule has 0 radical (unpaired) electrons. The number of hydrogen-bond donors (Lipinski definition) is 1. The van der Waals surface area contributed by atoms with Gasteiger partial charge in [0.1, 0.15) is 0 Å². The van der Waals surface area contributed by atoms with Crippen LogP contribution in [0.5, 0.6) is 0 Å². The van der Waals surface area contributed by atoms with E-state index in [1.165, 1.54) is 38.5 Å². The summed E-state index contributed by atoms with van der Waals surface area (Å²) in [5, 5.41) is 12.5. The minimum atomic E-state index is 0.424. The van der Waals surface area contributed by atoms with Crippen LogP contribution < -0.4 is 5.32 Å². The molecule has 0 bridgehead atoms. The summed E-state index contributed by atoms with van der Waals surface area (Å²) in [7, 11) is 0. The van der Waals surface area contributed by atoms with Crippen molar-refractivity contribution in [1.29, 1.82) is 5.26 Å². The van der Waals surface area contributed by atoms with Gasteiger partial charge in [0.15, 0.2) is 0 Å². The Morgan fingerprint density at radius 2 is 2.06 bits per heavy atom. The summed E-state index contributed by atoms with van der Waals surface area (Å²) in [5.74, 6) is 2.05. The summed E-state index contributed by atoms with van der Waals surface area (Å²) >= 11 is 0. The van der Waals surface area contributed by atoms with Gasteiger partial charge in [-0.3, -0.25) is 0 Å². The van der Waals surface area contributed by atoms with Crippen LogP contribution in [0.3, 0.4) is 0 Å². The van der Waals surface area contributed by atoms with E-state index < -0.39 is 0 Å². The number of nitriles is 1. The van der Waals surface area contributed by atoms with Crippen molar-refractivity contribution >= 4 is 0 Å². The summed E-state index contributed by atoms with van der Waals surface area (Å²) in [5.41, 5.74) is 0. The van der Waals surface area contributed by atoms with Crippen LogP contribution in [0.25, 0.3) is 0 Å². The van der Waals surface area contributed by atoms with Crippen molar-refractivity contribution in [2.24, 2.45) is 11.8 Å². The molecule has 1 N–H and O–H groups in total. The standard InChI is InChI=1S/C14H24N2/c1-2-13(8-9-15)16-14-5-3-4-12(10-14)11-6-7-11/h11-14,16H,2-8,10H2,1H3. The molecule has 2 aliphatic carbocycles. The SMILES string of the molecule is CCC(CC#N)NC1CCCC(C2CC2)C1. The topological polar surface area (TPSA) is 35.8 Å². The van der Waals surface area contributed by atoms with Gasteiger partial charge in [-0.1, -0.05) is 19.8 Å². The van der Waals surface area contributed by atoms with E-state index in [1.807, 2.05) is 0 Å². The Hall–Kier alpha value is -0.550. The monoisotopic (exact) mass is 220 g/mol. The van der Waals surface area contributed by atoms with Crippen molar-refractivity contribution < 1.29 is 0 Å². The Morgan fingerprint density at radius 3 is 2.69 bits per heavy atom. The zero-order chi connectivity index (χ0) is 11.4. The molecule has 3 atom stereocenters. The van der Waals surface area contributed by atoms with Crippen LogP contribution >= 0.6 is 0 Å². The molecule has 3 unspecified atom stereocenters. The van der Waals surface area contributed by atoms with Gasteiger partial charge < -0.3 is 5.32 Å². The van der Waals surface area contributed by atoms with Gasteiger partial charge in [-0.2, -0.15) is 5.26 Å². The zero-order valence-corrected chi connectivity index (χ0v) is 10.4. The fourth-order valence-electron chi connectivity index (χ4n) is 3.14. The van der Waals surface area contributed by atoms with Crippen LogP contribution in [-0.4, -0.2) is 12.1 Å². The van der Waals surface area contributed by atoms with E-state index in [0.717, 1.165) is 18.3 Å².